The van der Waals surface area contributed by atoms with Gasteiger partial charge in [-0.05, 0) is 31.4 Å². The van der Waals surface area contributed by atoms with E-state index in [1.165, 1.54) is 17.4 Å². The highest BCUT2D eigenvalue weighted by Gasteiger charge is 2.36. The summed E-state index contributed by atoms with van der Waals surface area (Å²) in [5.41, 5.74) is 5.62. The minimum absolute atomic E-state index is 0. The van der Waals surface area contributed by atoms with E-state index in [0.29, 0.717) is 19.6 Å². The summed E-state index contributed by atoms with van der Waals surface area (Å²) in [5, 5.41) is 0. The average molecular weight is 341 g/mol. The Kier molecular flexibility index (Phi) is 5.95. The molecular weight excluding hydrogens is 322 g/mol. The van der Waals surface area contributed by atoms with Crippen molar-refractivity contribution in [1.29, 1.82) is 0 Å². The summed E-state index contributed by atoms with van der Waals surface area (Å²) >= 11 is 1.18. The summed E-state index contributed by atoms with van der Waals surface area (Å²) in [7, 11) is 0. The Morgan fingerprint density at radius 1 is 1.62 bits per heavy atom. The highest BCUT2D eigenvalue weighted by molar-refractivity contribution is 7.14. The van der Waals surface area contributed by atoms with Crippen LogP contribution in [0.15, 0.2) is 6.07 Å². The standard InChI is InChI=1S/C13H18F2N2O2S.ClH/c1-8-5-9(19-12(14)15)10(20-8)11(18)17-4-3-13(2,6-16)7-17;/h5,12H,3-4,6-7,16H2,1-2H3;1H. The largest absolute Gasteiger partial charge is 0.433 e. The number of likely N-dealkylation sites (tertiary alicyclic amines) is 1. The van der Waals surface area contributed by atoms with Crippen LogP contribution in [-0.4, -0.2) is 37.1 Å². The second kappa shape index (κ2) is 6.89. The molecule has 0 radical (unpaired) electrons. The van der Waals surface area contributed by atoms with E-state index in [4.69, 9.17) is 5.73 Å². The highest BCUT2D eigenvalue weighted by atomic mass is 35.5. The highest BCUT2D eigenvalue weighted by Crippen LogP contribution is 2.35. The molecule has 0 aliphatic carbocycles. The number of hydrogen-bond donors (Lipinski definition) is 1. The molecule has 2 rings (SSSR count). The van der Waals surface area contributed by atoms with Crippen LogP contribution in [0.1, 0.15) is 27.9 Å². The second-order valence-electron chi connectivity index (χ2n) is 5.42. The average Bonchev–Trinajstić information content (AvgIpc) is 2.92. The predicted molar refractivity (Wildman–Crippen MR) is 80.6 cm³/mol. The minimum Gasteiger partial charge on any atom is -0.433 e. The first kappa shape index (κ1) is 18.1. The van der Waals surface area contributed by atoms with Crippen LogP contribution in [0.2, 0.25) is 0 Å². The molecule has 1 aliphatic rings. The van der Waals surface area contributed by atoms with Gasteiger partial charge in [-0.25, -0.2) is 0 Å². The van der Waals surface area contributed by atoms with E-state index in [0.717, 1.165) is 11.3 Å². The molecule has 0 aromatic carbocycles. The number of alkyl halides is 2. The van der Waals surface area contributed by atoms with Crippen LogP contribution in [0.25, 0.3) is 0 Å². The number of halogens is 3. The second-order valence-corrected chi connectivity index (χ2v) is 6.68. The lowest BCUT2D eigenvalue weighted by molar-refractivity contribution is -0.0499. The first-order chi connectivity index (χ1) is 9.34. The predicted octanol–water partition coefficient (Wildman–Crippen LogP) is 2.89. The van der Waals surface area contributed by atoms with E-state index in [1.807, 2.05) is 6.92 Å². The lowest BCUT2D eigenvalue weighted by atomic mass is 9.90. The molecular formula is C13H19ClF2N2O2S. The van der Waals surface area contributed by atoms with Gasteiger partial charge in [-0.1, -0.05) is 6.92 Å². The summed E-state index contributed by atoms with van der Waals surface area (Å²) in [4.78, 5) is 15.1. The van der Waals surface area contributed by atoms with Gasteiger partial charge < -0.3 is 15.4 Å². The van der Waals surface area contributed by atoms with Crippen LogP contribution in [0.3, 0.4) is 0 Å². The number of aryl methyl sites for hydroxylation is 1. The van der Waals surface area contributed by atoms with E-state index >= 15 is 0 Å². The van der Waals surface area contributed by atoms with Crippen molar-refractivity contribution in [3.05, 3.63) is 15.8 Å². The Bertz CT molecular complexity index is 512. The summed E-state index contributed by atoms with van der Waals surface area (Å²) in [6, 6.07) is 1.47. The monoisotopic (exact) mass is 340 g/mol. The third kappa shape index (κ3) is 4.05. The number of hydrogen-bond acceptors (Lipinski definition) is 4. The topological polar surface area (TPSA) is 55.6 Å². The Morgan fingerprint density at radius 3 is 2.81 bits per heavy atom. The van der Waals surface area contributed by atoms with Gasteiger partial charge in [0, 0.05) is 18.0 Å². The van der Waals surface area contributed by atoms with Crippen molar-refractivity contribution in [2.45, 2.75) is 26.9 Å². The number of ether oxygens (including phenoxy) is 1. The first-order valence-electron chi connectivity index (χ1n) is 6.39. The maximum absolute atomic E-state index is 12.4. The first-order valence-corrected chi connectivity index (χ1v) is 7.21. The van der Waals surface area contributed by atoms with Gasteiger partial charge in [-0.15, -0.1) is 23.7 Å². The molecule has 1 unspecified atom stereocenters. The van der Waals surface area contributed by atoms with Gasteiger partial charge in [-0.3, -0.25) is 4.79 Å². The smallest absolute Gasteiger partial charge is 0.387 e. The molecule has 120 valence electrons. The molecule has 2 N–H and O–H groups in total. The number of carbonyl (C=O) groups is 1. The van der Waals surface area contributed by atoms with Gasteiger partial charge in [0.15, 0.2) is 0 Å². The molecule has 8 heteroatoms. The fraction of sp³-hybridized carbons (Fsp3) is 0.615. The fourth-order valence-electron chi connectivity index (χ4n) is 2.33. The van der Waals surface area contributed by atoms with Crippen LogP contribution in [0, 0.1) is 12.3 Å². The third-order valence-corrected chi connectivity index (χ3v) is 4.59. The fourth-order valence-corrected chi connectivity index (χ4v) is 3.24. The lowest BCUT2D eigenvalue weighted by Crippen LogP contribution is -2.34. The van der Waals surface area contributed by atoms with E-state index in [-0.39, 0.29) is 34.4 Å². The van der Waals surface area contributed by atoms with Gasteiger partial charge in [-0.2, -0.15) is 8.78 Å². The van der Waals surface area contributed by atoms with Crippen LogP contribution in [0.4, 0.5) is 8.78 Å². The van der Waals surface area contributed by atoms with Crippen molar-refractivity contribution in [2.75, 3.05) is 19.6 Å². The van der Waals surface area contributed by atoms with Crippen LogP contribution in [-0.2, 0) is 0 Å². The van der Waals surface area contributed by atoms with Crippen molar-refractivity contribution in [2.24, 2.45) is 11.1 Å². The minimum atomic E-state index is -2.93. The number of nitrogens with zero attached hydrogens (tertiary/aromatic N) is 1. The summed E-state index contributed by atoms with van der Waals surface area (Å²) < 4.78 is 29.2. The zero-order chi connectivity index (χ0) is 14.9. The van der Waals surface area contributed by atoms with Crippen molar-refractivity contribution in [3.8, 4) is 5.75 Å². The zero-order valence-corrected chi connectivity index (χ0v) is 13.5. The lowest BCUT2D eigenvalue weighted by Gasteiger charge is -2.22. The van der Waals surface area contributed by atoms with Crippen LogP contribution in [0.5, 0.6) is 5.75 Å². The maximum Gasteiger partial charge on any atom is 0.387 e. The van der Waals surface area contributed by atoms with E-state index in [2.05, 4.69) is 4.74 Å². The van der Waals surface area contributed by atoms with E-state index in [9.17, 15) is 13.6 Å². The molecule has 1 atom stereocenters. The zero-order valence-electron chi connectivity index (χ0n) is 11.9. The Hall–Kier alpha value is -0.920. The number of nitrogens with two attached hydrogens (primary N) is 1. The molecule has 0 spiro atoms. The molecule has 4 nitrogen and oxygen atoms in total. The number of rotatable bonds is 4. The van der Waals surface area contributed by atoms with Crippen molar-refractivity contribution in [1.82, 2.24) is 4.90 Å². The number of thiophene rings is 1. The van der Waals surface area contributed by atoms with E-state index in [1.54, 1.807) is 11.8 Å². The molecule has 2 heterocycles. The van der Waals surface area contributed by atoms with Crippen molar-refractivity contribution < 1.29 is 18.3 Å². The summed E-state index contributed by atoms with van der Waals surface area (Å²) in [5.74, 6) is -0.287. The summed E-state index contributed by atoms with van der Waals surface area (Å²) in [6.45, 7) is 2.50. The number of carbonyl (C=O) groups excluding carboxylic acids is 1. The molecule has 1 fully saturated rings. The Balaban J connectivity index is 0.00000220. The molecule has 1 amide bonds. The van der Waals surface area contributed by atoms with Gasteiger partial charge >= 0.3 is 6.61 Å². The van der Waals surface area contributed by atoms with Gasteiger partial charge in [0.25, 0.3) is 5.91 Å². The molecule has 1 saturated heterocycles. The van der Waals surface area contributed by atoms with Crippen LogP contribution < -0.4 is 10.5 Å². The molecule has 1 aromatic rings. The SMILES string of the molecule is Cc1cc(OC(F)F)c(C(=O)N2CCC(C)(CN)C2)s1.Cl. The Morgan fingerprint density at radius 2 is 2.29 bits per heavy atom. The number of amides is 1. The molecule has 1 aliphatic heterocycles. The van der Waals surface area contributed by atoms with Gasteiger partial charge in [0.05, 0.1) is 0 Å². The van der Waals surface area contributed by atoms with Gasteiger partial charge in [0.1, 0.15) is 10.6 Å². The summed E-state index contributed by atoms with van der Waals surface area (Å²) in [6.07, 6.45) is 0.824. The normalized spacial score (nSPS) is 21.5. The Labute approximate surface area is 132 Å². The molecule has 21 heavy (non-hydrogen) atoms. The quantitative estimate of drug-likeness (QED) is 0.917. The molecule has 0 saturated carbocycles. The van der Waals surface area contributed by atoms with Crippen LogP contribution >= 0.6 is 23.7 Å². The van der Waals surface area contributed by atoms with E-state index < -0.39 is 6.61 Å². The van der Waals surface area contributed by atoms with Gasteiger partial charge in [0.2, 0.25) is 0 Å². The molecule has 1 aromatic heterocycles. The maximum atomic E-state index is 12.4. The third-order valence-electron chi connectivity index (χ3n) is 3.57. The van der Waals surface area contributed by atoms with Crippen molar-refractivity contribution >= 4 is 29.7 Å². The molecule has 0 bridgehead atoms. The van der Waals surface area contributed by atoms with Crippen molar-refractivity contribution in [3.63, 3.8) is 0 Å².